The molecule has 0 bridgehead atoms. The van der Waals surface area contributed by atoms with E-state index in [1.54, 1.807) is 6.92 Å². The molecule has 1 amide bonds. The molecule has 0 saturated carbocycles. The van der Waals surface area contributed by atoms with Crippen molar-refractivity contribution in [2.75, 3.05) is 13.2 Å². The molecule has 0 heterocycles. The van der Waals surface area contributed by atoms with Gasteiger partial charge in [-0.3, -0.25) is 4.79 Å². The standard InChI is InChI=1S/C9H20N2O2/c1-4-9(3,10)8(13)11-5-7(2)6-12/h7,12H,4-6,10H2,1-3H3,(H,11,13). The van der Waals surface area contributed by atoms with Gasteiger partial charge in [-0.05, 0) is 19.3 Å². The summed E-state index contributed by atoms with van der Waals surface area (Å²) in [5.74, 6) is -0.0769. The van der Waals surface area contributed by atoms with Crippen LogP contribution in [0.3, 0.4) is 0 Å². The van der Waals surface area contributed by atoms with Crippen molar-refractivity contribution in [2.24, 2.45) is 11.7 Å². The van der Waals surface area contributed by atoms with Crippen molar-refractivity contribution in [3.63, 3.8) is 0 Å². The van der Waals surface area contributed by atoms with Crippen molar-refractivity contribution in [2.45, 2.75) is 32.7 Å². The summed E-state index contributed by atoms with van der Waals surface area (Å²) < 4.78 is 0. The fraction of sp³-hybridized carbons (Fsp3) is 0.889. The molecule has 0 saturated heterocycles. The van der Waals surface area contributed by atoms with Gasteiger partial charge >= 0.3 is 0 Å². The van der Waals surface area contributed by atoms with E-state index in [2.05, 4.69) is 5.32 Å². The van der Waals surface area contributed by atoms with E-state index < -0.39 is 5.54 Å². The Hall–Kier alpha value is -0.610. The van der Waals surface area contributed by atoms with E-state index in [-0.39, 0.29) is 18.4 Å². The average Bonchev–Trinajstić information content (AvgIpc) is 2.13. The van der Waals surface area contributed by atoms with Gasteiger partial charge in [0.15, 0.2) is 0 Å². The Morgan fingerprint density at radius 2 is 2.23 bits per heavy atom. The van der Waals surface area contributed by atoms with Crippen LogP contribution < -0.4 is 11.1 Å². The Morgan fingerprint density at radius 1 is 1.69 bits per heavy atom. The van der Waals surface area contributed by atoms with Crippen molar-refractivity contribution in [3.8, 4) is 0 Å². The molecule has 0 fully saturated rings. The number of nitrogens with two attached hydrogens (primary N) is 1. The number of rotatable bonds is 5. The number of aliphatic hydroxyl groups is 1. The molecule has 2 atom stereocenters. The third kappa shape index (κ3) is 4.24. The molecule has 0 spiro atoms. The largest absolute Gasteiger partial charge is 0.396 e. The summed E-state index contributed by atoms with van der Waals surface area (Å²) in [6, 6.07) is 0. The molecule has 2 unspecified atom stereocenters. The first-order chi connectivity index (χ1) is 5.94. The van der Waals surface area contributed by atoms with Crippen LogP contribution in [-0.4, -0.2) is 29.7 Å². The zero-order valence-electron chi connectivity index (χ0n) is 8.63. The topological polar surface area (TPSA) is 75.4 Å². The van der Waals surface area contributed by atoms with Gasteiger partial charge < -0.3 is 16.2 Å². The minimum Gasteiger partial charge on any atom is -0.396 e. The number of aliphatic hydroxyl groups excluding tert-OH is 1. The second kappa shape index (κ2) is 5.19. The summed E-state index contributed by atoms with van der Waals surface area (Å²) in [6.07, 6.45) is 0.604. The van der Waals surface area contributed by atoms with Crippen LogP contribution in [0.15, 0.2) is 0 Å². The zero-order chi connectivity index (χ0) is 10.5. The lowest BCUT2D eigenvalue weighted by Crippen LogP contribution is -2.52. The van der Waals surface area contributed by atoms with Crippen LogP contribution in [0.5, 0.6) is 0 Å². The second-order valence-corrected chi connectivity index (χ2v) is 3.77. The summed E-state index contributed by atoms with van der Waals surface area (Å²) in [4.78, 5) is 11.4. The number of nitrogens with one attached hydrogen (secondary N) is 1. The molecule has 78 valence electrons. The van der Waals surface area contributed by atoms with Crippen molar-refractivity contribution in [1.29, 1.82) is 0 Å². The maximum atomic E-state index is 11.4. The van der Waals surface area contributed by atoms with Gasteiger partial charge in [0.2, 0.25) is 5.91 Å². The fourth-order valence-electron chi connectivity index (χ4n) is 0.694. The van der Waals surface area contributed by atoms with Gasteiger partial charge in [-0.25, -0.2) is 0 Å². The molecule has 0 aromatic rings. The number of amides is 1. The molecule has 0 rings (SSSR count). The van der Waals surface area contributed by atoms with Gasteiger partial charge in [-0.1, -0.05) is 13.8 Å². The van der Waals surface area contributed by atoms with Crippen LogP contribution >= 0.6 is 0 Å². The van der Waals surface area contributed by atoms with Crippen LogP contribution in [0.2, 0.25) is 0 Å². The van der Waals surface area contributed by atoms with E-state index in [0.717, 1.165) is 0 Å². The first-order valence-corrected chi connectivity index (χ1v) is 4.62. The summed E-state index contributed by atoms with van der Waals surface area (Å²) >= 11 is 0. The SMILES string of the molecule is CCC(C)(N)C(=O)NCC(C)CO. The fourth-order valence-corrected chi connectivity index (χ4v) is 0.694. The molecule has 0 aliphatic carbocycles. The molecule has 4 heteroatoms. The van der Waals surface area contributed by atoms with Crippen LogP contribution in [0.1, 0.15) is 27.2 Å². The highest BCUT2D eigenvalue weighted by Gasteiger charge is 2.25. The molecule has 0 aliphatic rings. The van der Waals surface area contributed by atoms with Gasteiger partial charge in [0.05, 0.1) is 5.54 Å². The van der Waals surface area contributed by atoms with Gasteiger partial charge in [-0.2, -0.15) is 0 Å². The van der Waals surface area contributed by atoms with Gasteiger partial charge in [0, 0.05) is 13.2 Å². The predicted molar refractivity (Wildman–Crippen MR) is 52.1 cm³/mol. The number of carbonyl (C=O) groups excluding carboxylic acids is 1. The van der Waals surface area contributed by atoms with E-state index in [9.17, 15) is 4.79 Å². The summed E-state index contributed by atoms with van der Waals surface area (Å²) in [6.45, 7) is 5.98. The van der Waals surface area contributed by atoms with E-state index >= 15 is 0 Å². The summed E-state index contributed by atoms with van der Waals surface area (Å²) in [7, 11) is 0. The van der Waals surface area contributed by atoms with Gasteiger partial charge in [0.1, 0.15) is 0 Å². The molecular formula is C9H20N2O2. The first-order valence-electron chi connectivity index (χ1n) is 4.62. The molecular weight excluding hydrogens is 168 g/mol. The van der Waals surface area contributed by atoms with Crippen LogP contribution in [-0.2, 0) is 4.79 Å². The Morgan fingerprint density at radius 3 is 2.62 bits per heavy atom. The van der Waals surface area contributed by atoms with Crippen LogP contribution in [0, 0.1) is 5.92 Å². The molecule has 4 nitrogen and oxygen atoms in total. The lowest BCUT2D eigenvalue weighted by molar-refractivity contribution is -0.126. The third-order valence-electron chi connectivity index (χ3n) is 2.18. The molecule has 0 aromatic heterocycles. The van der Waals surface area contributed by atoms with Crippen molar-refractivity contribution >= 4 is 5.91 Å². The summed E-state index contributed by atoms with van der Waals surface area (Å²) in [5.41, 5.74) is 4.92. The zero-order valence-corrected chi connectivity index (χ0v) is 8.63. The lowest BCUT2D eigenvalue weighted by Gasteiger charge is -2.22. The molecule has 4 N–H and O–H groups in total. The highest BCUT2D eigenvalue weighted by atomic mass is 16.3. The van der Waals surface area contributed by atoms with E-state index in [4.69, 9.17) is 10.8 Å². The van der Waals surface area contributed by atoms with Crippen molar-refractivity contribution in [3.05, 3.63) is 0 Å². The lowest BCUT2D eigenvalue weighted by atomic mass is 9.99. The maximum absolute atomic E-state index is 11.4. The van der Waals surface area contributed by atoms with Crippen molar-refractivity contribution < 1.29 is 9.90 Å². The van der Waals surface area contributed by atoms with Gasteiger partial charge in [0.25, 0.3) is 0 Å². The average molecular weight is 188 g/mol. The molecule has 0 radical (unpaired) electrons. The highest BCUT2D eigenvalue weighted by Crippen LogP contribution is 2.04. The van der Waals surface area contributed by atoms with E-state index in [1.807, 2.05) is 13.8 Å². The predicted octanol–water partition coefficient (Wildman–Crippen LogP) is -0.142. The molecule has 13 heavy (non-hydrogen) atoms. The molecule has 0 aromatic carbocycles. The monoisotopic (exact) mass is 188 g/mol. The Kier molecular flexibility index (Phi) is 4.95. The molecule has 0 aliphatic heterocycles. The third-order valence-corrected chi connectivity index (χ3v) is 2.18. The number of hydrogen-bond donors (Lipinski definition) is 3. The first kappa shape index (κ1) is 12.4. The van der Waals surface area contributed by atoms with Crippen LogP contribution in [0.4, 0.5) is 0 Å². The van der Waals surface area contributed by atoms with Crippen molar-refractivity contribution in [1.82, 2.24) is 5.32 Å². The number of carbonyl (C=O) groups is 1. The van der Waals surface area contributed by atoms with E-state index in [1.165, 1.54) is 0 Å². The smallest absolute Gasteiger partial charge is 0.239 e. The summed E-state index contributed by atoms with van der Waals surface area (Å²) in [5, 5.41) is 11.4. The highest BCUT2D eigenvalue weighted by molar-refractivity contribution is 5.85. The van der Waals surface area contributed by atoms with Gasteiger partial charge in [-0.15, -0.1) is 0 Å². The maximum Gasteiger partial charge on any atom is 0.239 e. The quantitative estimate of drug-likeness (QED) is 0.562. The Balaban J connectivity index is 3.88. The normalized spacial score (nSPS) is 17.6. The Labute approximate surface area is 79.5 Å². The Bertz CT molecular complexity index is 169. The number of hydrogen-bond acceptors (Lipinski definition) is 3. The van der Waals surface area contributed by atoms with Crippen LogP contribution in [0.25, 0.3) is 0 Å². The minimum absolute atomic E-state index is 0.0771. The van der Waals surface area contributed by atoms with E-state index in [0.29, 0.717) is 13.0 Å². The second-order valence-electron chi connectivity index (χ2n) is 3.77. The minimum atomic E-state index is -0.796.